The molecule has 1 unspecified atom stereocenters. The molecular weight excluding hydrogens is 474 g/mol. The molecule has 1 atom stereocenters. The maximum Gasteiger partial charge on any atom is 0.414 e. The summed E-state index contributed by atoms with van der Waals surface area (Å²) in [5.41, 5.74) is 1.81. The number of carboxylic acids is 2. The zero-order chi connectivity index (χ0) is 25.8. The number of carbonyl (C=O) groups is 3. The SMILES string of the molecule is COc1ccc(Cl)cc1NC(=O)C(C)N1CCN(C/C=C/c2ccccc2)CC1.O=C(O)C(=O)O. The lowest BCUT2D eigenvalue weighted by Gasteiger charge is -2.37. The van der Waals surface area contributed by atoms with Crippen LogP contribution in [0.5, 0.6) is 5.75 Å². The van der Waals surface area contributed by atoms with Crippen LogP contribution in [0, 0.1) is 0 Å². The summed E-state index contributed by atoms with van der Waals surface area (Å²) in [5, 5.41) is 18.3. The highest BCUT2D eigenvalue weighted by atomic mass is 35.5. The van der Waals surface area contributed by atoms with Gasteiger partial charge < -0.3 is 20.3 Å². The fraction of sp³-hybridized carbons (Fsp3) is 0.320. The molecule has 0 spiro atoms. The van der Waals surface area contributed by atoms with Crippen LogP contribution in [-0.2, 0) is 14.4 Å². The number of nitrogens with one attached hydrogen (secondary N) is 1. The Hall–Kier alpha value is -3.40. The van der Waals surface area contributed by atoms with Crippen molar-refractivity contribution in [2.75, 3.05) is 45.2 Å². The lowest BCUT2D eigenvalue weighted by atomic mass is 10.2. The van der Waals surface area contributed by atoms with E-state index in [0.29, 0.717) is 16.5 Å². The molecule has 188 valence electrons. The highest BCUT2D eigenvalue weighted by Gasteiger charge is 2.25. The molecule has 0 aliphatic carbocycles. The number of carbonyl (C=O) groups excluding carboxylic acids is 1. The van der Waals surface area contributed by atoms with Crippen LogP contribution in [0.15, 0.2) is 54.6 Å². The van der Waals surface area contributed by atoms with Crippen LogP contribution < -0.4 is 10.1 Å². The summed E-state index contributed by atoms with van der Waals surface area (Å²) in [6.45, 7) is 6.47. The number of benzene rings is 2. The fourth-order valence-electron chi connectivity index (χ4n) is 3.42. The van der Waals surface area contributed by atoms with Crippen LogP contribution in [0.25, 0.3) is 6.08 Å². The zero-order valence-corrected chi connectivity index (χ0v) is 20.4. The van der Waals surface area contributed by atoms with Crippen LogP contribution in [0.3, 0.4) is 0 Å². The van der Waals surface area contributed by atoms with Crippen molar-refractivity contribution in [3.63, 3.8) is 0 Å². The van der Waals surface area contributed by atoms with E-state index in [1.807, 2.05) is 25.1 Å². The van der Waals surface area contributed by atoms with Gasteiger partial charge in [0.15, 0.2) is 0 Å². The number of amides is 1. The van der Waals surface area contributed by atoms with Crippen LogP contribution in [0.4, 0.5) is 5.69 Å². The average molecular weight is 504 g/mol. The molecule has 9 nitrogen and oxygen atoms in total. The summed E-state index contributed by atoms with van der Waals surface area (Å²) < 4.78 is 5.31. The third kappa shape index (κ3) is 9.40. The van der Waals surface area contributed by atoms with Crippen LogP contribution in [0.1, 0.15) is 12.5 Å². The van der Waals surface area contributed by atoms with Gasteiger partial charge in [0, 0.05) is 37.7 Å². The Morgan fingerprint density at radius 2 is 1.69 bits per heavy atom. The van der Waals surface area contributed by atoms with Gasteiger partial charge in [-0.25, -0.2) is 9.59 Å². The van der Waals surface area contributed by atoms with E-state index in [1.54, 1.807) is 25.3 Å². The molecule has 0 aromatic heterocycles. The lowest BCUT2D eigenvalue weighted by Crippen LogP contribution is -2.52. The number of hydrogen-bond acceptors (Lipinski definition) is 6. The molecule has 1 aliphatic heterocycles. The topological polar surface area (TPSA) is 119 Å². The molecule has 1 aliphatic rings. The molecule has 0 saturated carbocycles. The molecule has 3 rings (SSSR count). The molecule has 0 radical (unpaired) electrons. The summed E-state index contributed by atoms with van der Waals surface area (Å²) in [6.07, 6.45) is 4.35. The number of methoxy groups -OCH3 is 1. The second-order valence-corrected chi connectivity index (χ2v) is 8.21. The highest BCUT2D eigenvalue weighted by molar-refractivity contribution is 6.31. The van der Waals surface area contributed by atoms with Crippen molar-refractivity contribution in [1.29, 1.82) is 0 Å². The number of nitrogens with zero attached hydrogens (tertiary/aromatic N) is 2. The number of carboxylic acid groups (broad SMARTS) is 2. The third-order valence-corrected chi connectivity index (χ3v) is 5.64. The van der Waals surface area contributed by atoms with Crippen LogP contribution in [-0.4, -0.2) is 83.7 Å². The molecule has 10 heteroatoms. The van der Waals surface area contributed by atoms with E-state index in [-0.39, 0.29) is 11.9 Å². The average Bonchev–Trinajstić information content (AvgIpc) is 2.85. The normalized spacial score (nSPS) is 15.1. The molecule has 1 amide bonds. The summed E-state index contributed by atoms with van der Waals surface area (Å²) in [7, 11) is 1.58. The number of piperazine rings is 1. The Morgan fingerprint density at radius 1 is 1.06 bits per heavy atom. The quantitative estimate of drug-likeness (QED) is 0.493. The summed E-state index contributed by atoms with van der Waals surface area (Å²) in [4.78, 5) is 35.5. The second-order valence-electron chi connectivity index (χ2n) is 7.77. The highest BCUT2D eigenvalue weighted by Crippen LogP contribution is 2.28. The predicted molar refractivity (Wildman–Crippen MR) is 135 cm³/mol. The number of anilines is 1. The smallest absolute Gasteiger partial charge is 0.414 e. The molecule has 2 aromatic carbocycles. The van der Waals surface area contributed by atoms with Gasteiger partial charge >= 0.3 is 11.9 Å². The molecule has 3 N–H and O–H groups in total. The third-order valence-electron chi connectivity index (χ3n) is 5.41. The molecule has 1 fully saturated rings. The van der Waals surface area contributed by atoms with E-state index >= 15 is 0 Å². The first kappa shape index (κ1) is 27.8. The number of aliphatic carboxylic acids is 2. The summed E-state index contributed by atoms with van der Waals surface area (Å²) >= 11 is 6.05. The Morgan fingerprint density at radius 3 is 2.26 bits per heavy atom. The number of halogens is 1. The van der Waals surface area contributed by atoms with Crippen molar-refractivity contribution in [1.82, 2.24) is 9.80 Å². The summed E-state index contributed by atoms with van der Waals surface area (Å²) in [5.74, 6) is -3.10. The molecule has 2 aromatic rings. The van der Waals surface area contributed by atoms with Crippen molar-refractivity contribution < 1.29 is 29.3 Å². The maximum atomic E-state index is 12.7. The van der Waals surface area contributed by atoms with E-state index in [9.17, 15) is 4.79 Å². The molecule has 1 saturated heterocycles. The van der Waals surface area contributed by atoms with E-state index in [1.165, 1.54) is 5.56 Å². The van der Waals surface area contributed by atoms with Gasteiger partial charge in [-0.05, 0) is 30.7 Å². The molecule has 1 heterocycles. The van der Waals surface area contributed by atoms with Crippen molar-refractivity contribution in [2.24, 2.45) is 0 Å². The van der Waals surface area contributed by atoms with Crippen LogP contribution in [0.2, 0.25) is 5.02 Å². The van der Waals surface area contributed by atoms with Gasteiger partial charge in [-0.15, -0.1) is 0 Å². The van der Waals surface area contributed by atoms with Crippen molar-refractivity contribution in [3.8, 4) is 5.75 Å². The first-order chi connectivity index (χ1) is 16.7. The van der Waals surface area contributed by atoms with E-state index < -0.39 is 11.9 Å². The first-order valence-corrected chi connectivity index (χ1v) is 11.4. The molecular formula is C25H30ClN3O6. The Labute approximate surface area is 209 Å². The monoisotopic (exact) mass is 503 g/mol. The molecule has 35 heavy (non-hydrogen) atoms. The van der Waals surface area contributed by atoms with Gasteiger partial charge in [0.1, 0.15) is 5.75 Å². The van der Waals surface area contributed by atoms with Gasteiger partial charge in [-0.2, -0.15) is 0 Å². The Kier molecular flexibility index (Phi) is 11.2. The van der Waals surface area contributed by atoms with Gasteiger partial charge in [0.05, 0.1) is 18.8 Å². The van der Waals surface area contributed by atoms with E-state index in [2.05, 4.69) is 39.4 Å². The predicted octanol–water partition coefficient (Wildman–Crippen LogP) is 3.16. The van der Waals surface area contributed by atoms with Crippen molar-refractivity contribution in [2.45, 2.75) is 13.0 Å². The van der Waals surface area contributed by atoms with Gasteiger partial charge in [0.2, 0.25) is 5.91 Å². The van der Waals surface area contributed by atoms with Gasteiger partial charge in [-0.1, -0.05) is 54.1 Å². The van der Waals surface area contributed by atoms with Gasteiger partial charge in [0.25, 0.3) is 0 Å². The minimum absolute atomic E-state index is 0.0528. The maximum absolute atomic E-state index is 12.7. The van der Waals surface area contributed by atoms with Crippen LogP contribution >= 0.6 is 11.6 Å². The second kappa shape index (κ2) is 14.1. The minimum atomic E-state index is -1.82. The van der Waals surface area contributed by atoms with E-state index in [0.717, 1.165) is 32.7 Å². The fourth-order valence-corrected chi connectivity index (χ4v) is 3.59. The minimum Gasteiger partial charge on any atom is -0.495 e. The summed E-state index contributed by atoms with van der Waals surface area (Å²) in [6, 6.07) is 15.3. The largest absolute Gasteiger partial charge is 0.495 e. The standard InChI is InChI=1S/C23H28ClN3O2.C2H2O4/c1-18(23(28)25-21-17-20(24)10-11-22(21)29-2)27-15-13-26(14-16-27)12-6-9-19-7-4-3-5-8-19;3-1(4)2(5)6/h3-11,17-18H,12-16H2,1-2H3,(H,25,28);(H,3,4)(H,5,6)/b9-6+;. The lowest BCUT2D eigenvalue weighted by molar-refractivity contribution is -0.159. The number of rotatable bonds is 7. The van der Waals surface area contributed by atoms with Crippen molar-refractivity contribution >= 4 is 41.2 Å². The van der Waals surface area contributed by atoms with E-state index in [4.69, 9.17) is 36.1 Å². The first-order valence-electron chi connectivity index (χ1n) is 11.0. The Bertz CT molecular complexity index is 1010. The number of ether oxygens (including phenoxy) is 1. The van der Waals surface area contributed by atoms with Crippen molar-refractivity contribution in [3.05, 3.63) is 65.2 Å². The number of hydrogen-bond donors (Lipinski definition) is 3. The molecule has 0 bridgehead atoms. The van der Waals surface area contributed by atoms with Gasteiger partial charge in [-0.3, -0.25) is 14.6 Å². The Balaban J connectivity index is 0.000000641. The zero-order valence-electron chi connectivity index (χ0n) is 19.7.